The minimum Gasteiger partial charge on any atom is -0.284 e. The molecule has 0 aliphatic rings. The molecule has 6 heteroatoms. The summed E-state index contributed by atoms with van der Waals surface area (Å²) in [5.41, 5.74) is 1.34. The molecule has 0 saturated carbocycles. The summed E-state index contributed by atoms with van der Waals surface area (Å²) in [5.74, 6) is -1.34. The Hall–Kier alpha value is -2.89. The Balaban J connectivity index is 2.03. The third-order valence-electron chi connectivity index (χ3n) is 4.41. The molecule has 2 aromatic carbocycles. The highest BCUT2D eigenvalue weighted by molar-refractivity contribution is 6.08. The van der Waals surface area contributed by atoms with Gasteiger partial charge < -0.3 is 0 Å². The molecule has 25 heavy (non-hydrogen) atoms. The van der Waals surface area contributed by atoms with Crippen molar-refractivity contribution in [1.82, 2.24) is 9.55 Å². The summed E-state index contributed by atoms with van der Waals surface area (Å²) in [6, 6.07) is 8.78. The number of halogens is 4. The first kappa shape index (κ1) is 15.6. The van der Waals surface area contributed by atoms with Crippen LogP contribution >= 0.6 is 0 Å². The highest BCUT2D eigenvalue weighted by atomic mass is 19.3. The minimum atomic E-state index is -2.75. The van der Waals surface area contributed by atoms with Crippen LogP contribution < -0.4 is 0 Å². The molecule has 4 rings (SSSR count). The monoisotopic (exact) mass is 344 g/mol. The summed E-state index contributed by atoms with van der Waals surface area (Å²) in [4.78, 5) is 3.99. The van der Waals surface area contributed by atoms with E-state index in [1.807, 2.05) is 0 Å². The molecule has 0 aliphatic carbocycles. The number of hydrogen-bond donors (Lipinski definition) is 0. The maximum Gasteiger partial charge on any atom is 0.319 e. The number of nitrogens with zero attached hydrogens (tertiary/aromatic N) is 2. The number of benzene rings is 2. The molecule has 0 radical (unpaired) electrons. The van der Waals surface area contributed by atoms with Gasteiger partial charge in [-0.3, -0.25) is 9.55 Å². The predicted molar refractivity (Wildman–Crippen MR) is 88.6 cm³/mol. The Bertz CT molecular complexity index is 1090. The predicted octanol–water partition coefficient (Wildman–Crippen LogP) is 5.84. The van der Waals surface area contributed by atoms with Gasteiger partial charge in [0.25, 0.3) is 0 Å². The van der Waals surface area contributed by atoms with Crippen LogP contribution in [0.5, 0.6) is 0 Å². The zero-order valence-electron chi connectivity index (χ0n) is 13.1. The molecule has 126 valence electrons. The molecule has 0 N–H and O–H groups in total. The van der Waals surface area contributed by atoms with Gasteiger partial charge >= 0.3 is 6.55 Å². The molecule has 0 unspecified atom stereocenters. The SMILES string of the molecule is Cc1c(F)cc(-c2ccc3c4cnccc4n(C(F)F)c3c2)cc1F. The van der Waals surface area contributed by atoms with Crippen molar-refractivity contribution >= 4 is 21.8 Å². The lowest BCUT2D eigenvalue weighted by atomic mass is 10.0. The zero-order valence-corrected chi connectivity index (χ0v) is 13.1. The Morgan fingerprint density at radius 3 is 2.28 bits per heavy atom. The third kappa shape index (κ3) is 2.36. The van der Waals surface area contributed by atoms with Crippen LogP contribution in [0, 0.1) is 18.6 Å². The summed E-state index contributed by atoms with van der Waals surface area (Å²) >= 11 is 0. The normalized spacial score (nSPS) is 11.8. The van der Waals surface area contributed by atoms with Gasteiger partial charge in [-0.05, 0) is 42.3 Å². The van der Waals surface area contributed by atoms with Crippen molar-refractivity contribution in [3.05, 3.63) is 66.0 Å². The van der Waals surface area contributed by atoms with Crippen LogP contribution in [0.3, 0.4) is 0 Å². The molecule has 0 amide bonds. The van der Waals surface area contributed by atoms with Gasteiger partial charge in [-0.2, -0.15) is 8.78 Å². The van der Waals surface area contributed by atoms with E-state index < -0.39 is 18.2 Å². The van der Waals surface area contributed by atoms with Gasteiger partial charge in [-0.1, -0.05) is 12.1 Å². The fraction of sp³-hybridized carbons (Fsp3) is 0.105. The largest absolute Gasteiger partial charge is 0.319 e. The number of rotatable bonds is 2. The number of aromatic nitrogens is 2. The first-order valence-electron chi connectivity index (χ1n) is 7.59. The average molecular weight is 344 g/mol. The van der Waals surface area contributed by atoms with Gasteiger partial charge in [-0.25, -0.2) is 8.78 Å². The van der Waals surface area contributed by atoms with Crippen molar-refractivity contribution in [3.8, 4) is 11.1 Å². The van der Waals surface area contributed by atoms with E-state index in [0.29, 0.717) is 27.4 Å². The lowest BCUT2D eigenvalue weighted by Crippen LogP contribution is -1.97. The van der Waals surface area contributed by atoms with E-state index in [1.165, 1.54) is 43.6 Å². The molecular formula is C19H12F4N2. The van der Waals surface area contributed by atoms with E-state index in [-0.39, 0.29) is 11.1 Å². The van der Waals surface area contributed by atoms with Crippen LogP contribution in [-0.4, -0.2) is 9.55 Å². The Labute approximate surface area is 140 Å². The topological polar surface area (TPSA) is 17.8 Å². The second-order valence-electron chi connectivity index (χ2n) is 5.84. The molecule has 0 fully saturated rings. The van der Waals surface area contributed by atoms with Crippen LogP contribution in [0.25, 0.3) is 32.9 Å². The number of fused-ring (bicyclic) bond motifs is 3. The van der Waals surface area contributed by atoms with Gasteiger partial charge in [0.05, 0.1) is 11.0 Å². The van der Waals surface area contributed by atoms with Gasteiger partial charge in [-0.15, -0.1) is 0 Å². The molecule has 0 aliphatic heterocycles. The fourth-order valence-electron chi connectivity index (χ4n) is 3.09. The molecule has 0 bridgehead atoms. The van der Waals surface area contributed by atoms with Crippen LogP contribution in [0.4, 0.5) is 17.6 Å². The maximum absolute atomic E-state index is 13.8. The van der Waals surface area contributed by atoms with Crippen molar-refractivity contribution < 1.29 is 17.6 Å². The Morgan fingerprint density at radius 2 is 1.60 bits per heavy atom. The third-order valence-corrected chi connectivity index (χ3v) is 4.41. The Kier molecular flexibility index (Phi) is 3.49. The first-order chi connectivity index (χ1) is 12.0. The maximum atomic E-state index is 13.8. The van der Waals surface area contributed by atoms with E-state index in [9.17, 15) is 17.6 Å². The molecule has 2 heterocycles. The highest BCUT2D eigenvalue weighted by Gasteiger charge is 2.18. The quantitative estimate of drug-likeness (QED) is 0.418. The van der Waals surface area contributed by atoms with Gasteiger partial charge in [0.15, 0.2) is 0 Å². The second-order valence-corrected chi connectivity index (χ2v) is 5.84. The molecule has 0 atom stereocenters. The number of hydrogen-bond acceptors (Lipinski definition) is 1. The van der Waals surface area contributed by atoms with E-state index in [1.54, 1.807) is 12.1 Å². The van der Waals surface area contributed by atoms with Crippen molar-refractivity contribution in [3.63, 3.8) is 0 Å². The van der Waals surface area contributed by atoms with E-state index >= 15 is 0 Å². The van der Waals surface area contributed by atoms with E-state index in [4.69, 9.17) is 0 Å². The van der Waals surface area contributed by atoms with Crippen LogP contribution in [0.2, 0.25) is 0 Å². The molecule has 2 nitrogen and oxygen atoms in total. The highest BCUT2D eigenvalue weighted by Crippen LogP contribution is 2.35. The van der Waals surface area contributed by atoms with Gasteiger partial charge in [0.2, 0.25) is 0 Å². The molecule has 2 aromatic heterocycles. The van der Waals surface area contributed by atoms with Crippen LogP contribution in [0.15, 0.2) is 48.8 Å². The number of pyridine rings is 1. The lowest BCUT2D eigenvalue weighted by molar-refractivity contribution is 0.0796. The molecule has 0 spiro atoms. The Morgan fingerprint density at radius 1 is 0.880 bits per heavy atom. The fourth-order valence-corrected chi connectivity index (χ4v) is 3.09. The van der Waals surface area contributed by atoms with E-state index in [0.717, 1.165) is 4.57 Å². The molecule has 4 aromatic rings. The second kappa shape index (κ2) is 5.58. The van der Waals surface area contributed by atoms with Crippen molar-refractivity contribution in [2.75, 3.05) is 0 Å². The first-order valence-corrected chi connectivity index (χ1v) is 7.59. The molecular weight excluding hydrogens is 332 g/mol. The van der Waals surface area contributed by atoms with Crippen LogP contribution in [0.1, 0.15) is 12.1 Å². The van der Waals surface area contributed by atoms with Crippen molar-refractivity contribution in [2.45, 2.75) is 13.5 Å². The number of alkyl halides is 2. The summed E-state index contributed by atoms with van der Waals surface area (Å²) in [5, 5.41) is 1.21. The van der Waals surface area contributed by atoms with Gasteiger partial charge in [0.1, 0.15) is 11.6 Å². The molecule has 0 saturated heterocycles. The van der Waals surface area contributed by atoms with Crippen molar-refractivity contribution in [2.24, 2.45) is 0 Å². The minimum absolute atomic E-state index is 0.0717. The lowest BCUT2D eigenvalue weighted by Gasteiger charge is -2.08. The summed E-state index contributed by atoms with van der Waals surface area (Å²) in [7, 11) is 0. The summed E-state index contributed by atoms with van der Waals surface area (Å²) in [6.45, 7) is -1.40. The van der Waals surface area contributed by atoms with E-state index in [2.05, 4.69) is 4.98 Å². The summed E-state index contributed by atoms with van der Waals surface area (Å²) < 4.78 is 55.8. The van der Waals surface area contributed by atoms with Crippen LogP contribution in [-0.2, 0) is 0 Å². The standard InChI is InChI=1S/C19H12F4N2/c1-10-15(20)6-12(7-16(10)21)11-2-3-13-14-9-24-5-4-17(14)25(19(22)23)18(13)8-11/h2-9,19H,1H3. The van der Waals surface area contributed by atoms with Crippen molar-refractivity contribution in [1.29, 1.82) is 0 Å². The summed E-state index contributed by atoms with van der Waals surface area (Å²) in [6.07, 6.45) is 2.98. The average Bonchev–Trinajstić information content (AvgIpc) is 2.93. The zero-order chi connectivity index (χ0) is 17.7. The van der Waals surface area contributed by atoms with Gasteiger partial charge in [0, 0.05) is 28.7 Å². The smallest absolute Gasteiger partial charge is 0.284 e.